The third-order valence-electron chi connectivity index (χ3n) is 5.10. The summed E-state index contributed by atoms with van der Waals surface area (Å²) >= 11 is 6.12. The van der Waals surface area contributed by atoms with Gasteiger partial charge in [-0.05, 0) is 69.6 Å². The van der Waals surface area contributed by atoms with Crippen molar-refractivity contribution in [3.8, 4) is 0 Å². The van der Waals surface area contributed by atoms with Crippen LogP contribution in [0.15, 0.2) is 42.5 Å². The Bertz CT molecular complexity index is 843. The number of likely N-dealkylation sites (tertiary alicyclic amines) is 1. The third kappa shape index (κ3) is 5.57. The van der Waals surface area contributed by atoms with Gasteiger partial charge in [-0.15, -0.1) is 0 Å². The molecular formula is C22H26ClN3O2. The van der Waals surface area contributed by atoms with Gasteiger partial charge >= 0.3 is 0 Å². The molecule has 0 aliphatic carbocycles. The van der Waals surface area contributed by atoms with Crippen molar-refractivity contribution >= 4 is 34.8 Å². The Hall–Kier alpha value is -2.37. The van der Waals surface area contributed by atoms with Crippen molar-refractivity contribution in [2.75, 3.05) is 30.3 Å². The van der Waals surface area contributed by atoms with E-state index in [9.17, 15) is 9.59 Å². The average molecular weight is 400 g/mol. The molecule has 0 saturated carbocycles. The number of benzene rings is 2. The number of nitrogens with one attached hydrogen (secondary N) is 2. The van der Waals surface area contributed by atoms with Crippen LogP contribution in [0.2, 0.25) is 5.02 Å². The molecule has 1 aliphatic heterocycles. The molecule has 5 nitrogen and oxygen atoms in total. The van der Waals surface area contributed by atoms with Crippen LogP contribution in [-0.4, -0.2) is 36.3 Å². The molecule has 0 spiro atoms. The summed E-state index contributed by atoms with van der Waals surface area (Å²) in [5.74, 6) is -0.0544. The fraction of sp³-hybridized carbons (Fsp3) is 0.364. The number of carbonyl (C=O) groups is 2. The second-order valence-electron chi connectivity index (χ2n) is 7.42. The van der Waals surface area contributed by atoms with Gasteiger partial charge in [-0.2, -0.15) is 0 Å². The lowest BCUT2D eigenvalue weighted by atomic mass is 9.95. The van der Waals surface area contributed by atoms with Gasteiger partial charge < -0.3 is 10.6 Å². The number of hydrogen-bond acceptors (Lipinski definition) is 3. The normalized spacial score (nSPS) is 15.2. The minimum Gasteiger partial charge on any atom is -0.326 e. The molecule has 6 heteroatoms. The van der Waals surface area contributed by atoms with E-state index in [1.807, 2.05) is 50.2 Å². The van der Waals surface area contributed by atoms with Gasteiger partial charge in [0, 0.05) is 22.3 Å². The number of aryl methyl sites for hydroxylation is 2. The maximum absolute atomic E-state index is 12.5. The number of carbonyl (C=O) groups excluding carboxylic acids is 2. The molecular weight excluding hydrogens is 374 g/mol. The molecule has 2 aromatic carbocycles. The van der Waals surface area contributed by atoms with E-state index in [0.29, 0.717) is 11.6 Å². The van der Waals surface area contributed by atoms with E-state index in [2.05, 4.69) is 15.5 Å². The highest BCUT2D eigenvalue weighted by Gasteiger charge is 2.26. The van der Waals surface area contributed by atoms with Crippen molar-refractivity contribution in [1.29, 1.82) is 0 Å². The number of hydrogen-bond donors (Lipinski definition) is 2. The number of amides is 2. The predicted octanol–water partition coefficient (Wildman–Crippen LogP) is 4.25. The van der Waals surface area contributed by atoms with Crippen LogP contribution in [0.3, 0.4) is 0 Å². The van der Waals surface area contributed by atoms with Crippen LogP contribution in [0.1, 0.15) is 24.0 Å². The van der Waals surface area contributed by atoms with E-state index < -0.39 is 0 Å². The van der Waals surface area contributed by atoms with Crippen molar-refractivity contribution in [2.45, 2.75) is 26.7 Å². The number of rotatable bonds is 5. The lowest BCUT2D eigenvalue weighted by Crippen LogP contribution is -2.41. The van der Waals surface area contributed by atoms with Crippen LogP contribution in [0.25, 0.3) is 0 Å². The van der Waals surface area contributed by atoms with Crippen molar-refractivity contribution in [1.82, 2.24) is 4.90 Å². The van der Waals surface area contributed by atoms with Gasteiger partial charge in [-0.3, -0.25) is 14.5 Å². The molecule has 2 amide bonds. The zero-order chi connectivity index (χ0) is 20.1. The second kappa shape index (κ2) is 9.22. The standard InChI is InChI=1S/C22H26ClN3O2/c1-15-3-6-18(7-4-15)24-21(27)14-26-11-9-17(10-12-26)22(28)25-19-8-5-16(2)20(23)13-19/h3-8,13,17H,9-12,14H2,1-2H3,(H,24,27)(H,25,28). The number of nitrogens with zero attached hydrogens (tertiary/aromatic N) is 1. The van der Waals surface area contributed by atoms with Crippen LogP contribution in [-0.2, 0) is 9.59 Å². The molecule has 0 unspecified atom stereocenters. The van der Waals surface area contributed by atoms with Crippen LogP contribution in [0.4, 0.5) is 11.4 Å². The molecule has 148 valence electrons. The van der Waals surface area contributed by atoms with Crippen molar-refractivity contribution in [3.05, 3.63) is 58.6 Å². The summed E-state index contributed by atoms with van der Waals surface area (Å²) in [5.41, 5.74) is 3.67. The fourth-order valence-corrected chi connectivity index (χ4v) is 3.49. The average Bonchev–Trinajstić information content (AvgIpc) is 2.67. The quantitative estimate of drug-likeness (QED) is 0.790. The van der Waals surface area contributed by atoms with E-state index >= 15 is 0 Å². The van der Waals surface area contributed by atoms with E-state index in [1.165, 1.54) is 0 Å². The van der Waals surface area contributed by atoms with Crippen molar-refractivity contribution in [2.24, 2.45) is 5.92 Å². The molecule has 1 aliphatic rings. The smallest absolute Gasteiger partial charge is 0.238 e. The Morgan fingerprint density at radius 1 is 1.00 bits per heavy atom. The molecule has 0 radical (unpaired) electrons. The zero-order valence-corrected chi connectivity index (χ0v) is 17.1. The number of halogens is 1. The number of anilines is 2. The first-order valence-corrected chi connectivity index (χ1v) is 9.94. The zero-order valence-electron chi connectivity index (χ0n) is 16.3. The van der Waals surface area contributed by atoms with Gasteiger partial charge in [-0.1, -0.05) is 35.4 Å². The van der Waals surface area contributed by atoms with Crippen LogP contribution in [0, 0.1) is 19.8 Å². The van der Waals surface area contributed by atoms with Crippen molar-refractivity contribution in [3.63, 3.8) is 0 Å². The topological polar surface area (TPSA) is 61.4 Å². The van der Waals surface area contributed by atoms with E-state index in [-0.39, 0.29) is 17.7 Å². The summed E-state index contributed by atoms with van der Waals surface area (Å²) in [6.45, 7) is 5.75. The first kappa shape index (κ1) is 20.4. The molecule has 0 atom stereocenters. The summed E-state index contributed by atoms with van der Waals surface area (Å²) < 4.78 is 0. The highest BCUT2D eigenvalue weighted by Crippen LogP contribution is 2.23. The lowest BCUT2D eigenvalue weighted by molar-refractivity contribution is -0.121. The molecule has 0 bridgehead atoms. The molecule has 1 heterocycles. The van der Waals surface area contributed by atoms with E-state index in [4.69, 9.17) is 11.6 Å². The van der Waals surface area contributed by atoms with Gasteiger partial charge in [0.25, 0.3) is 0 Å². The molecule has 2 aromatic rings. The summed E-state index contributed by atoms with van der Waals surface area (Å²) in [7, 11) is 0. The summed E-state index contributed by atoms with van der Waals surface area (Å²) in [6, 6.07) is 13.3. The Morgan fingerprint density at radius 2 is 1.64 bits per heavy atom. The van der Waals surface area contributed by atoms with E-state index in [0.717, 1.165) is 48.4 Å². The Morgan fingerprint density at radius 3 is 2.29 bits per heavy atom. The summed E-state index contributed by atoms with van der Waals surface area (Å²) in [6.07, 6.45) is 1.48. The van der Waals surface area contributed by atoms with Gasteiger partial charge in [0.15, 0.2) is 0 Å². The Kier molecular flexibility index (Phi) is 6.70. The van der Waals surface area contributed by atoms with E-state index in [1.54, 1.807) is 6.07 Å². The summed E-state index contributed by atoms with van der Waals surface area (Å²) in [5, 5.41) is 6.52. The number of piperidine rings is 1. The SMILES string of the molecule is Cc1ccc(NC(=O)CN2CCC(C(=O)Nc3ccc(C)c(Cl)c3)CC2)cc1. The van der Waals surface area contributed by atoms with Gasteiger partial charge in [-0.25, -0.2) is 0 Å². The maximum Gasteiger partial charge on any atom is 0.238 e. The second-order valence-corrected chi connectivity index (χ2v) is 7.83. The van der Waals surface area contributed by atoms with Gasteiger partial charge in [0.2, 0.25) is 11.8 Å². The molecule has 3 rings (SSSR count). The minimum absolute atomic E-state index is 0.0173. The monoisotopic (exact) mass is 399 g/mol. The van der Waals surface area contributed by atoms with Crippen LogP contribution in [0.5, 0.6) is 0 Å². The first-order valence-electron chi connectivity index (χ1n) is 9.56. The molecule has 2 N–H and O–H groups in total. The van der Waals surface area contributed by atoms with Crippen LogP contribution >= 0.6 is 11.6 Å². The Balaban J connectivity index is 1.44. The van der Waals surface area contributed by atoms with Gasteiger partial charge in [0.05, 0.1) is 6.54 Å². The van der Waals surface area contributed by atoms with Crippen LogP contribution < -0.4 is 10.6 Å². The molecule has 0 aromatic heterocycles. The van der Waals surface area contributed by atoms with Crippen molar-refractivity contribution < 1.29 is 9.59 Å². The maximum atomic E-state index is 12.5. The molecule has 1 fully saturated rings. The first-order chi connectivity index (χ1) is 13.4. The minimum atomic E-state index is -0.0449. The highest BCUT2D eigenvalue weighted by atomic mass is 35.5. The molecule has 28 heavy (non-hydrogen) atoms. The highest BCUT2D eigenvalue weighted by molar-refractivity contribution is 6.31. The van der Waals surface area contributed by atoms with Gasteiger partial charge in [0.1, 0.15) is 0 Å². The largest absolute Gasteiger partial charge is 0.326 e. The molecule has 1 saturated heterocycles. The summed E-state index contributed by atoms with van der Waals surface area (Å²) in [4.78, 5) is 26.8. The predicted molar refractivity (Wildman–Crippen MR) is 114 cm³/mol. The lowest BCUT2D eigenvalue weighted by Gasteiger charge is -2.30. The fourth-order valence-electron chi connectivity index (χ4n) is 3.31. The Labute approximate surface area is 171 Å². The third-order valence-corrected chi connectivity index (χ3v) is 5.51.